The molecule has 3 aliphatic heterocycles. The predicted molar refractivity (Wildman–Crippen MR) is 108 cm³/mol. The molecule has 2 saturated heterocycles. The molecule has 3 amide bonds. The van der Waals surface area contributed by atoms with Crippen molar-refractivity contribution in [1.82, 2.24) is 10.2 Å². The average Bonchev–Trinajstić information content (AvgIpc) is 3.22. The van der Waals surface area contributed by atoms with Crippen LogP contribution in [0.5, 0.6) is 0 Å². The highest BCUT2D eigenvalue weighted by Gasteiger charge is 2.70. The third-order valence-electron chi connectivity index (χ3n) is 6.22. The maximum Gasteiger partial charge on any atom is 0.250 e. The molecule has 4 atom stereocenters. The predicted octanol–water partition coefficient (Wildman–Crippen LogP) is 2.14. The molecule has 156 valence electrons. The van der Waals surface area contributed by atoms with Gasteiger partial charge in [0.15, 0.2) is 0 Å². The summed E-state index contributed by atoms with van der Waals surface area (Å²) in [5, 5.41) is 6.79. The quantitative estimate of drug-likeness (QED) is 0.545. The second-order valence-corrected chi connectivity index (χ2v) is 8.95. The Kier molecular flexibility index (Phi) is 5.17. The molecular formula is C21H26ClN3O4. The molecule has 0 bridgehead atoms. The molecule has 3 unspecified atom stereocenters. The number of fused-ring (bicyclic) bond motifs is 4. The van der Waals surface area contributed by atoms with Gasteiger partial charge in [0.05, 0.1) is 11.8 Å². The Bertz CT molecular complexity index is 873. The van der Waals surface area contributed by atoms with Gasteiger partial charge >= 0.3 is 0 Å². The lowest BCUT2D eigenvalue weighted by atomic mass is 9.76. The average molecular weight is 420 g/mol. The number of methoxy groups -OCH3 is 1. The van der Waals surface area contributed by atoms with Crippen LogP contribution in [-0.4, -0.2) is 48.9 Å². The molecule has 7 nitrogen and oxygen atoms in total. The molecule has 0 aromatic heterocycles. The Labute approximate surface area is 175 Å². The molecule has 3 aliphatic rings. The van der Waals surface area contributed by atoms with E-state index in [1.165, 1.54) is 4.90 Å². The van der Waals surface area contributed by atoms with Crippen LogP contribution in [0.4, 0.5) is 5.69 Å². The lowest BCUT2D eigenvalue weighted by molar-refractivity contribution is -0.143. The summed E-state index contributed by atoms with van der Waals surface area (Å²) in [6, 6.07) is 4.91. The van der Waals surface area contributed by atoms with Gasteiger partial charge in [0.25, 0.3) is 0 Å². The normalized spacial score (nSPS) is 30.4. The SMILES string of the molecule is COCCCN1C(=O)C2C(CC(C)C)N[C@]3(C(=O)Nc4ccc(Cl)cc43)C2C1=O. The second kappa shape index (κ2) is 7.38. The van der Waals surface area contributed by atoms with E-state index in [0.29, 0.717) is 48.2 Å². The summed E-state index contributed by atoms with van der Waals surface area (Å²) in [7, 11) is 1.59. The minimum absolute atomic E-state index is 0.200. The number of imide groups is 1. The highest BCUT2D eigenvalue weighted by molar-refractivity contribution is 6.31. The van der Waals surface area contributed by atoms with Gasteiger partial charge in [-0.3, -0.25) is 24.6 Å². The number of halogens is 1. The number of amides is 3. The summed E-state index contributed by atoms with van der Waals surface area (Å²) in [6.07, 6.45) is 1.26. The molecule has 8 heteroatoms. The molecule has 29 heavy (non-hydrogen) atoms. The van der Waals surface area contributed by atoms with Gasteiger partial charge in [0.2, 0.25) is 17.7 Å². The topological polar surface area (TPSA) is 87.7 Å². The Hall–Kier alpha value is -1.96. The van der Waals surface area contributed by atoms with Gasteiger partial charge in [0.1, 0.15) is 5.54 Å². The van der Waals surface area contributed by atoms with Gasteiger partial charge in [-0.1, -0.05) is 25.4 Å². The van der Waals surface area contributed by atoms with E-state index >= 15 is 0 Å². The highest BCUT2D eigenvalue weighted by Crippen LogP contribution is 2.54. The number of anilines is 1. The number of nitrogens with one attached hydrogen (secondary N) is 2. The van der Waals surface area contributed by atoms with Crippen molar-refractivity contribution in [2.45, 2.75) is 38.3 Å². The van der Waals surface area contributed by atoms with E-state index in [2.05, 4.69) is 24.5 Å². The van der Waals surface area contributed by atoms with E-state index in [-0.39, 0.29) is 23.8 Å². The number of likely N-dealkylation sites (tertiary alicyclic amines) is 1. The zero-order valence-electron chi connectivity index (χ0n) is 16.8. The Morgan fingerprint density at radius 3 is 2.69 bits per heavy atom. The molecule has 3 heterocycles. The molecule has 2 N–H and O–H groups in total. The first kappa shape index (κ1) is 20.3. The standard InChI is InChI=1S/C21H26ClN3O4/c1-11(2)9-15-16-17(19(27)25(18(16)26)7-4-8-29-3)21(24-15)13-10-12(22)5-6-14(13)23-20(21)28/h5-6,10-11,15-17,24H,4,7-9H2,1-3H3,(H,23,28)/t15?,16?,17?,21-/m0/s1. The molecule has 1 aromatic carbocycles. The van der Waals surface area contributed by atoms with Crippen molar-refractivity contribution in [3.05, 3.63) is 28.8 Å². The number of ether oxygens (including phenoxy) is 1. The monoisotopic (exact) mass is 419 g/mol. The first-order valence-corrected chi connectivity index (χ1v) is 10.4. The Morgan fingerprint density at radius 1 is 1.24 bits per heavy atom. The molecule has 1 aromatic rings. The maximum atomic E-state index is 13.4. The number of hydrogen-bond donors (Lipinski definition) is 2. The van der Waals surface area contributed by atoms with Crippen molar-refractivity contribution in [2.75, 3.05) is 25.6 Å². The smallest absolute Gasteiger partial charge is 0.250 e. The van der Waals surface area contributed by atoms with Gasteiger partial charge in [0, 0.05) is 42.6 Å². The Morgan fingerprint density at radius 2 is 2.00 bits per heavy atom. The molecule has 0 saturated carbocycles. The van der Waals surface area contributed by atoms with E-state index in [4.69, 9.17) is 16.3 Å². The van der Waals surface area contributed by atoms with Crippen LogP contribution in [0.25, 0.3) is 0 Å². The number of carbonyl (C=O) groups excluding carboxylic acids is 3. The lowest BCUT2D eigenvalue weighted by Crippen LogP contribution is -2.53. The zero-order valence-corrected chi connectivity index (χ0v) is 17.6. The number of nitrogens with zero attached hydrogens (tertiary/aromatic N) is 1. The van der Waals surface area contributed by atoms with E-state index < -0.39 is 17.4 Å². The van der Waals surface area contributed by atoms with Gasteiger partial charge in [-0.2, -0.15) is 0 Å². The summed E-state index contributed by atoms with van der Waals surface area (Å²) in [6.45, 7) is 4.90. The summed E-state index contributed by atoms with van der Waals surface area (Å²) in [4.78, 5) is 41.3. The van der Waals surface area contributed by atoms with Crippen LogP contribution in [0.1, 0.15) is 32.3 Å². The second-order valence-electron chi connectivity index (χ2n) is 8.51. The van der Waals surface area contributed by atoms with Crippen LogP contribution < -0.4 is 10.6 Å². The van der Waals surface area contributed by atoms with Crippen LogP contribution in [-0.2, 0) is 24.7 Å². The van der Waals surface area contributed by atoms with E-state index in [1.54, 1.807) is 25.3 Å². The molecule has 0 aliphatic carbocycles. The van der Waals surface area contributed by atoms with Crippen molar-refractivity contribution >= 4 is 35.0 Å². The van der Waals surface area contributed by atoms with Crippen LogP contribution in [0, 0.1) is 17.8 Å². The molecule has 0 radical (unpaired) electrons. The van der Waals surface area contributed by atoms with E-state index in [0.717, 1.165) is 0 Å². The fourth-order valence-corrected chi connectivity index (χ4v) is 5.30. The number of carbonyl (C=O) groups is 3. The van der Waals surface area contributed by atoms with E-state index in [1.807, 2.05) is 0 Å². The maximum absolute atomic E-state index is 13.4. The first-order chi connectivity index (χ1) is 13.8. The highest BCUT2D eigenvalue weighted by atomic mass is 35.5. The van der Waals surface area contributed by atoms with Gasteiger partial charge in [-0.25, -0.2) is 0 Å². The molecule has 1 spiro atoms. The van der Waals surface area contributed by atoms with Crippen molar-refractivity contribution in [2.24, 2.45) is 17.8 Å². The fraction of sp³-hybridized carbons (Fsp3) is 0.571. The summed E-state index contributed by atoms with van der Waals surface area (Å²) in [5.74, 6) is -1.83. The first-order valence-electron chi connectivity index (χ1n) is 10.0. The molecule has 2 fully saturated rings. The van der Waals surface area contributed by atoms with Crippen molar-refractivity contribution in [1.29, 1.82) is 0 Å². The summed E-state index contributed by atoms with van der Waals surface area (Å²) < 4.78 is 5.07. The minimum Gasteiger partial charge on any atom is -0.385 e. The fourth-order valence-electron chi connectivity index (χ4n) is 5.13. The number of benzene rings is 1. The van der Waals surface area contributed by atoms with Crippen molar-refractivity contribution in [3.8, 4) is 0 Å². The van der Waals surface area contributed by atoms with E-state index in [9.17, 15) is 14.4 Å². The van der Waals surface area contributed by atoms with Crippen LogP contribution >= 0.6 is 11.6 Å². The summed E-state index contributed by atoms with van der Waals surface area (Å²) >= 11 is 6.23. The van der Waals surface area contributed by atoms with Gasteiger partial charge in [-0.15, -0.1) is 0 Å². The zero-order chi connectivity index (χ0) is 20.9. The lowest BCUT2D eigenvalue weighted by Gasteiger charge is -2.30. The largest absolute Gasteiger partial charge is 0.385 e. The van der Waals surface area contributed by atoms with Crippen molar-refractivity contribution < 1.29 is 19.1 Å². The van der Waals surface area contributed by atoms with Gasteiger partial charge in [-0.05, 0) is 37.0 Å². The van der Waals surface area contributed by atoms with Crippen LogP contribution in [0.3, 0.4) is 0 Å². The van der Waals surface area contributed by atoms with Gasteiger partial charge < -0.3 is 10.1 Å². The minimum atomic E-state index is -1.27. The number of hydrogen-bond acceptors (Lipinski definition) is 5. The van der Waals surface area contributed by atoms with Crippen LogP contribution in [0.15, 0.2) is 18.2 Å². The third kappa shape index (κ3) is 2.98. The third-order valence-corrected chi connectivity index (χ3v) is 6.46. The summed E-state index contributed by atoms with van der Waals surface area (Å²) in [5.41, 5.74) is 0.0118. The van der Waals surface area contributed by atoms with Crippen molar-refractivity contribution in [3.63, 3.8) is 0 Å². The molecule has 4 rings (SSSR count). The Balaban J connectivity index is 1.79. The van der Waals surface area contributed by atoms with Crippen LogP contribution in [0.2, 0.25) is 5.02 Å². The molecular weight excluding hydrogens is 394 g/mol. The number of rotatable bonds is 6.